The average Bonchev–Trinajstić information content (AvgIpc) is 2.82. The van der Waals surface area contributed by atoms with Crippen LogP contribution in [-0.2, 0) is 13.0 Å². The number of aromatic nitrogens is 1. The minimum Gasteiger partial charge on any atom is -0.497 e. The highest BCUT2D eigenvalue weighted by molar-refractivity contribution is 5.65. The number of hydrogen-bond donors (Lipinski definition) is 1. The Labute approximate surface area is 99.6 Å². The maximum absolute atomic E-state index is 5.38. The largest absolute Gasteiger partial charge is 0.497 e. The van der Waals surface area contributed by atoms with Gasteiger partial charge < -0.3 is 14.6 Å². The van der Waals surface area contributed by atoms with Gasteiger partial charge in [0, 0.05) is 30.6 Å². The van der Waals surface area contributed by atoms with Gasteiger partial charge in [-0.05, 0) is 12.1 Å². The summed E-state index contributed by atoms with van der Waals surface area (Å²) in [6, 6.07) is 7.89. The second kappa shape index (κ2) is 4.22. The van der Waals surface area contributed by atoms with Gasteiger partial charge in [-0.2, -0.15) is 0 Å². The van der Waals surface area contributed by atoms with Crippen LogP contribution in [0.3, 0.4) is 0 Å². The van der Waals surface area contributed by atoms with E-state index >= 15 is 0 Å². The summed E-state index contributed by atoms with van der Waals surface area (Å²) in [4.78, 5) is 0. The van der Waals surface area contributed by atoms with Crippen LogP contribution in [0.25, 0.3) is 11.3 Å². The molecule has 88 valence electrons. The number of methoxy groups -OCH3 is 1. The molecule has 4 heteroatoms. The zero-order valence-electron chi connectivity index (χ0n) is 9.69. The van der Waals surface area contributed by atoms with Gasteiger partial charge >= 0.3 is 0 Å². The summed E-state index contributed by atoms with van der Waals surface area (Å²) >= 11 is 0. The molecule has 0 amide bonds. The molecule has 0 unspecified atom stereocenters. The molecule has 1 aromatic carbocycles. The first-order chi connectivity index (χ1) is 8.38. The van der Waals surface area contributed by atoms with Gasteiger partial charge in [0.25, 0.3) is 0 Å². The van der Waals surface area contributed by atoms with Crippen molar-refractivity contribution in [1.29, 1.82) is 0 Å². The predicted molar refractivity (Wildman–Crippen MR) is 63.9 cm³/mol. The van der Waals surface area contributed by atoms with Crippen LogP contribution < -0.4 is 10.1 Å². The third-order valence-electron chi connectivity index (χ3n) is 3.04. The minimum atomic E-state index is 0.825. The van der Waals surface area contributed by atoms with Gasteiger partial charge in [0.1, 0.15) is 17.2 Å². The van der Waals surface area contributed by atoms with E-state index in [-0.39, 0.29) is 0 Å². The van der Waals surface area contributed by atoms with Gasteiger partial charge in [-0.3, -0.25) is 0 Å². The summed E-state index contributed by atoms with van der Waals surface area (Å²) in [5, 5.41) is 7.51. The van der Waals surface area contributed by atoms with Gasteiger partial charge in [-0.25, -0.2) is 0 Å². The molecule has 1 N–H and O–H groups in total. The zero-order chi connectivity index (χ0) is 11.7. The van der Waals surface area contributed by atoms with Crippen molar-refractivity contribution in [2.24, 2.45) is 0 Å². The van der Waals surface area contributed by atoms with E-state index in [9.17, 15) is 0 Å². The molecule has 1 aromatic heterocycles. The Balaban J connectivity index is 2.05. The molecule has 4 nitrogen and oxygen atoms in total. The lowest BCUT2D eigenvalue weighted by atomic mass is 10.0. The maximum atomic E-state index is 5.38. The van der Waals surface area contributed by atoms with Gasteiger partial charge in [-0.1, -0.05) is 17.3 Å². The number of nitrogens with zero attached hydrogens (tertiary/aromatic N) is 1. The molecule has 3 rings (SSSR count). The van der Waals surface area contributed by atoms with E-state index in [1.807, 2.05) is 24.3 Å². The van der Waals surface area contributed by atoms with Crippen LogP contribution in [0, 0.1) is 0 Å². The second-order valence-electron chi connectivity index (χ2n) is 4.09. The van der Waals surface area contributed by atoms with Gasteiger partial charge in [0.05, 0.1) is 7.11 Å². The van der Waals surface area contributed by atoms with Crippen LogP contribution in [0.15, 0.2) is 28.8 Å². The standard InChI is InChI=1S/C13H14N2O2/c1-16-10-4-2-3-9(7-10)13-11-8-14-6-5-12(11)17-15-13/h2-4,7,14H,5-6,8H2,1H3. The maximum Gasteiger partial charge on any atom is 0.143 e. The lowest BCUT2D eigenvalue weighted by Gasteiger charge is -2.11. The van der Waals surface area contributed by atoms with Gasteiger partial charge in [0.2, 0.25) is 0 Å². The quantitative estimate of drug-likeness (QED) is 0.857. The summed E-state index contributed by atoms with van der Waals surface area (Å²) < 4.78 is 10.6. The van der Waals surface area contributed by atoms with Crippen LogP contribution in [-0.4, -0.2) is 18.8 Å². The molecule has 1 aliphatic rings. The van der Waals surface area contributed by atoms with E-state index < -0.39 is 0 Å². The van der Waals surface area contributed by atoms with Crippen LogP contribution >= 0.6 is 0 Å². The van der Waals surface area contributed by atoms with Gasteiger partial charge in [-0.15, -0.1) is 0 Å². The minimum absolute atomic E-state index is 0.825. The van der Waals surface area contributed by atoms with E-state index in [4.69, 9.17) is 9.26 Å². The second-order valence-corrected chi connectivity index (χ2v) is 4.09. The Morgan fingerprint density at radius 2 is 2.35 bits per heavy atom. The SMILES string of the molecule is COc1cccc(-c2noc3c2CNCC3)c1. The van der Waals surface area contributed by atoms with Crippen molar-refractivity contribution in [2.45, 2.75) is 13.0 Å². The van der Waals surface area contributed by atoms with E-state index in [2.05, 4.69) is 10.5 Å². The van der Waals surface area contributed by atoms with E-state index in [0.29, 0.717) is 0 Å². The highest BCUT2D eigenvalue weighted by atomic mass is 16.5. The molecule has 0 aliphatic carbocycles. The number of hydrogen-bond acceptors (Lipinski definition) is 4. The number of benzene rings is 1. The summed E-state index contributed by atoms with van der Waals surface area (Å²) in [6.45, 7) is 1.78. The topological polar surface area (TPSA) is 47.3 Å². The molecule has 2 aromatic rings. The van der Waals surface area contributed by atoms with Crippen LogP contribution in [0.2, 0.25) is 0 Å². The van der Waals surface area contributed by atoms with Crippen molar-refractivity contribution in [1.82, 2.24) is 10.5 Å². The fourth-order valence-electron chi connectivity index (χ4n) is 2.13. The normalized spacial score (nSPS) is 14.4. The predicted octanol–water partition coefficient (Wildman–Crippen LogP) is 2.00. The zero-order valence-corrected chi connectivity index (χ0v) is 9.69. The van der Waals surface area contributed by atoms with Crippen LogP contribution in [0.5, 0.6) is 5.75 Å². The Morgan fingerprint density at radius 1 is 1.41 bits per heavy atom. The van der Waals surface area contributed by atoms with Crippen LogP contribution in [0.4, 0.5) is 0 Å². The smallest absolute Gasteiger partial charge is 0.143 e. The Morgan fingerprint density at radius 3 is 3.24 bits per heavy atom. The molecule has 0 radical (unpaired) electrons. The molecule has 2 heterocycles. The third-order valence-corrected chi connectivity index (χ3v) is 3.04. The first-order valence-corrected chi connectivity index (χ1v) is 5.71. The summed E-state index contributed by atoms with van der Waals surface area (Å²) in [6.07, 6.45) is 0.909. The number of nitrogens with one attached hydrogen (secondary N) is 1. The first-order valence-electron chi connectivity index (χ1n) is 5.71. The van der Waals surface area contributed by atoms with Crippen molar-refractivity contribution < 1.29 is 9.26 Å². The van der Waals surface area contributed by atoms with Gasteiger partial charge in [0.15, 0.2) is 0 Å². The Bertz CT molecular complexity index is 534. The van der Waals surface area contributed by atoms with E-state index in [1.54, 1.807) is 7.11 Å². The highest BCUT2D eigenvalue weighted by Crippen LogP contribution is 2.29. The lowest BCUT2D eigenvalue weighted by molar-refractivity contribution is 0.374. The molecule has 0 spiro atoms. The monoisotopic (exact) mass is 230 g/mol. The van der Waals surface area contributed by atoms with Crippen molar-refractivity contribution in [3.8, 4) is 17.0 Å². The van der Waals surface area contributed by atoms with Crippen LogP contribution in [0.1, 0.15) is 11.3 Å². The number of rotatable bonds is 2. The molecule has 0 saturated heterocycles. The molecule has 0 fully saturated rings. The molecule has 0 saturated carbocycles. The summed E-state index contributed by atoms with van der Waals surface area (Å²) in [5.74, 6) is 1.84. The molecule has 0 atom stereocenters. The molecular weight excluding hydrogens is 216 g/mol. The highest BCUT2D eigenvalue weighted by Gasteiger charge is 2.20. The first kappa shape index (κ1) is 10.4. The Hall–Kier alpha value is -1.81. The molecule has 1 aliphatic heterocycles. The van der Waals surface area contributed by atoms with Crippen molar-refractivity contribution >= 4 is 0 Å². The number of fused-ring (bicyclic) bond motifs is 1. The molecule has 17 heavy (non-hydrogen) atoms. The van der Waals surface area contributed by atoms with Crippen molar-refractivity contribution in [3.63, 3.8) is 0 Å². The lowest BCUT2D eigenvalue weighted by Crippen LogP contribution is -2.22. The van der Waals surface area contributed by atoms with Crippen molar-refractivity contribution in [2.75, 3.05) is 13.7 Å². The third kappa shape index (κ3) is 1.80. The summed E-state index contributed by atoms with van der Waals surface area (Å²) in [5.41, 5.74) is 3.13. The fourth-order valence-corrected chi connectivity index (χ4v) is 2.13. The number of ether oxygens (including phenoxy) is 1. The average molecular weight is 230 g/mol. The fraction of sp³-hybridized carbons (Fsp3) is 0.308. The van der Waals surface area contributed by atoms with Crippen molar-refractivity contribution in [3.05, 3.63) is 35.6 Å². The molecule has 0 bridgehead atoms. The van der Waals surface area contributed by atoms with E-state index in [1.165, 1.54) is 5.56 Å². The van der Waals surface area contributed by atoms with E-state index in [0.717, 1.165) is 42.3 Å². The molecular formula is C13H14N2O2. The summed E-state index contributed by atoms with van der Waals surface area (Å²) in [7, 11) is 1.67. The Kier molecular flexibility index (Phi) is 2.57.